The molecule has 0 radical (unpaired) electrons. The van der Waals surface area contributed by atoms with Crippen LogP contribution in [0.5, 0.6) is 0 Å². The molecule has 54 valence electrons. The number of nitrogens with one attached hydrogen (secondary N) is 1. The van der Waals surface area contributed by atoms with Crippen LogP contribution in [0.2, 0.25) is 0 Å². The molecule has 0 spiro atoms. The summed E-state index contributed by atoms with van der Waals surface area (Å²) in [6.45, 7) is 0. The second-order valence-electron chi connectivity index (χ2n) is 1.87. The van der Waals surface area contributed by atoms with Gasteiger partial charge in [0.25, 0.3) is 0 Å². The maximum absolute atomic E-state index is 9.15. The highest BCUT2D eigenvalue weighted by Gasteiger charge is 2.09. The van der Waals surface area contributed by atoms with Crippen molar-refractivity contribution in [2.75, 3.05) is 0 Å². The number of nitrogens with two attached hydrogens (primary N) is 1. The van der Waals surface area contributed by atoms with Gasteiger partial charge < -0.3 is 10.8 Å². The topological polar surface area (TPSA) is 70.1 Å². The average Bonchev–Trinajstić information content (AvgIpc) is 2.36. The predicted octanol–water partition coefficient (Wildman–Crippen LogP) is 0.717. The van der Waals surface area contributed by atoms with Gasteiger partial charge in [-0.1, -0.05) is 6.07 Å². The quantitative estimate of drug-likeness (QED) is 0.436. The molecule has 0 aliphatic heterocycles. The molecule has 1 unspecified atom stereocenters. The van der Waals surface area contributed by atoms with Gasteiger partial charge in [-0.2, -0.15) is 0 Å². The fourth-order valence-corrected chi connectivity index (χ4v) is 1.33. The van der Waals surface area contributed by atoms with Gasteiger partial charge in [-0.05, 0) is 11.4 Å². The van der Waals surface area contributed by atoms with E-state index in [9.17, 15) is 0 Å². The Kier molecular flexibility index (Phi) is 2.03. The molecule has 4 heteroatoms. The molecule has 10 heavy (non-hydrogen) atoms. The molecule has 0 bridgehead atoms. The minimum atomic E-state index is -0.917. The molecular weight excluding hydrogens is 148 g/mol. The standard InChI is InChI=1S/C6H8N2OS/c7-6(8)5(9)4-2-1-3-10-4/h1-3,5,9H,(H3,7,8). The number of thiophene rings is 1. The van der Waals surface area contributed by atoms with Crippen molar-refractivity contribution in [1.29, 1.82) is 5.41 Å². The lowest BCUT2D eigenvalue weighted by atomic mass is 10.3. The molecule has 0 amide bonds. The summed E-state index contributed by atoms with van der Waals surface area (Å²) in [5.41, 5.74) is 5.07. The van der Waals surface area contributed by atoms with E-state index in [1.54, 1.807) is 6.07 Å². The highest BCUT2D eigenvalue weighted by atomic mass is 32.1. The second kappa shape index (κ2) is 2.81. The van der Waals surface area contributed by atoms with Crippen molar-refractivity contribution in [3.05, 3.63) is 22.4 Å². The van der Waals surface area contributed by atoms with Crippen molar-refractivity contribution in [3.8, 4) is 0 Å². The van der Waals surface area contributed by atoms with Gasteiger partial charge in [-0.3, -0.25) is 5.41 Å². The molecule has 1 atom stereocenters. The predicted molar refractivity (Wildman–Crippen MR) is 41.2 cm³/mol. The Labute approximate surface area is 62.6 Å². The minimum Gasteiger partial charge on any atom is -0.385 e. The van der Waals surface area contributed by atoms with Gasteiger partial charge in [0.2, 0.25) is 0 Å². The molecule has 0 fully saturated rings. The molecule has 3 nitrogen and oxygen atoms in total. The normalized spacial score (nSPS) is 12.9. The lowest BCUT2D eigenvalue weighted by Gasteiger charge is -2.03. The van der Waals surface area contributed by atoms with E-state index in [0.29, 0.717) is 4.88 Å². The van der Waals surface area contributed by atoms with Crippen molar-refractivity contribution in [2.45, 2.75) is 6.10 Å². The van der Waals surface area contributed by atoms with Crippen molar-refractivity contribution in [2.24, 2.45) is 5.73 Å². The maximum atomic E-state index is 9.15. The van der Waals surface area contributed by atoms with Crippen molar-refractivity contribution in [1.82, 2.24) is 0 Å². The number of aliphatic hydroxyl groups is 1. The molecule has 0 saturated heterocycles. The fraction of sp³-hybridized carbons (Fsp3) is 0.167. The summed E-state index contributed by atoms with van der Waals surface area (Å²) >= 11 is 1.39. The van der Waals surface area contributed by atoms with Gasteiger partial charge >= 0.3 is 0 Å². The largest absolute Gasteiger partial charge is 0.385 e. The van der Waals surface area contributed by atoms with Crippen molar-refractivity contribution in [3.63, 3.8) is 0 Å². The highest BCUT2D eigenvalue weighted by Crippen LogP contribution is 2.17. The van der Waals surface area contributed by atoms with Gasteiger partial charge in [0.15, 0.2) is 0 Å². The molecule has 0 saturated carbocycles. The third kappa shape index (κ3) is 1.34. The van der Waals surface area contributed by atoms with Crippen LogP contribution in [-0.2, 0) is 0 Å². The Morgan fingerprint density at radius 2 is 2.50 bits per heavy atom. The van der Waals surface area contributed by atoms with E-state index in [2.05, 4.69) is 0 Å². The Balaban J connectivity index is 2.77. The summed E-state index contributed by atoms with van der Waals surface area (Å²) in [5, 5.41) is 17.9. The van der Waals surface area contributed by atoms with Crippen LogP contribution in [0.15, 0.2) is 17.5 Å². The molecule has 1 heterocycles. The first-order valence-corrected chi connectivity index (χ1v) is 3.65. The van der Waals surface area contributed by atoms with Crippen LogP contribution in [-0.4, -0.2) is 10.9 Å². The molecule has 0 aliphatic rings. The van der Waals surface area contributed by atoms with Crippen LogP contribution >= 0.6 is 11.3 Å². The first kappa shape index (κ1) is 7.24. The van der Waals surface area contributed by atoms with Gasteiger partial charge in [-0.25, -0.2) is 0 Å². The third-order valence-corrected chi connectivity index (χ3v) is 2.03. The summed E-state index contributed by atoms with van der Waals surface area (Å²) in [4.78, 5) is 0.715. The summed E-state index contributed by atoms with van der Waals surface area (Å²) < 4.78 is 0. The number of amidine groups is 1. The minimum absolute atomic E-state index is 0.206. The zero-order valence-corrected chi connectivity index (χ0v) is 6.06. The Morgan fingerprint density at radius 3 is 2.90 bits per heavy atom. The van der Waals surface area contributed by atoms with E-state index in [1.165, 1.54) is 11.3 Å². The molecule has 1 aromatic rings. The number of hydrogen-bond acceptors (Lipinski definition) is 3. The smallest absolute Gasteiger partial charge is 0.144 e. The van der Waals surface area contributed by atoms with Crippen LogP contribution in [0.4, 0.5) is 0 Å². The van der Waals surface area contributed by atoms with Crippen molar-refractivity contribution < 1.29 is 5.11 Å². The van der Waals surface area contributed by atoms with E-state index >= 15 is 0 Å². The summed E-state index contributed by atoms with van der Waals surface area (Å²) in [6, 6.07) is 3.56. The monoisotopic (exact) mass is 156 g/mol. The van der Waals surface area contributed by atoms with Crippen molar-refractivity contribution >= 4 is 17.2 Å². The van der Waals surface area contributed by atoms with E-state index in [1.807, 2.05) is 11.4 Å². The highest BCUT2D eigenvalue weighted by molar-refractivity contribution is 7.10. The lowest BCUT2D eigenvalue weighted by Crippen LogP contribution is -2.18. The Morgan fingerprint density at radius 1 is 1.80 bits per heavy atom. The number of aliphatic hydroxyl groups excluding tert-OH is 1. The molecule has 4 N–H and O–H groups in total. The first-order chi connectivity index (χ1) is 4.72. The molecule has 0 aliphatic carbocycles. The van der Waals surface area contributed by atoms with Gasteiger partial charge in [0.1, 0.15) is 11.9 Å². The average molecular weight is 156 g/mol. The number of rotatable bonds is 2. The zero-order chi connectivity index (χ0) is 7.56. The number of hydrogen-bond donors (Lipinski definition) is 3. The fourth-order valence-electron chi connectivity index (χ4n) is 0.600. The lowest BCUT2D eigenvalue weighted by molar-refractivity contribution is 0.249. The zero-order valence-electron chi connectivity index (χ0n) is 5.24. The van der Waals surface area contributed by atoms with Gasteiger partial charge in [0, 0.05) is 4.88 Å². The van der Waals surface area contributed by atoms with Crippen LogP contribution in [0.25, 0.3) is 0 Å². The first-order valence-electron chi connectivity index (χ1n) is 2.77. The van der Waals surface area contributed by atoms with Crippen LogP contribution in [0.1, 0.15) is 11.0 Å². The summed E-state index contributed by atoms with van der Waals surface area (Å²) in [6.07, 6.45) is -0.917. The van der Waals surface area contributed by atoms with Gasteiger partial charge in [-0.15, -0.1) is 11.3 Å². The molecular formula is C6H8N2OS. The second-order valence-corrected chi connectivity index (χ2v) is 2.85. The molecule has 0 aromatic carbocycles. The SMILES string of the molecule is N=C(N)C(O)c1cccs1. The summed E-state index contributed by atoms with van der Waals surface area (Å²) in [5.74, 6) is -0.206. The van der Waals surface area contributed by atoms with Crippen LogP contribution in [0.3, 0.4) is 0 Å². The molecule has 1 rings (SSSR count). The molecule has 1 aromatic heterocycles. The summed E-state index contributed by atoms with van der Waals surface area (Å²) in [7, 11) is 0. The van der Waals surface area contributed by atoms with Crippen LogP contribution < -0.4 is 5.73 Å². The Bertz CT molecular complexity index is 220. The van der Waals surface area contributed by atoms with Crippen LogP contribution in [0, 0.1) is 5.41 Å². The Hall–Kier alpha value is -0.870. The third-order valence-electron chi connectivity index (χ3n) is 1.11. The van der Waals surface area contributed by atoms with E-state index in [0.717, 1.165) is 0 Å². The maximum Gasteiger partial charge on any atom is 0.144 e. The van der Waals surface area contributed by atoms with Gasteiger partial charge in [0.05, 0.1) is 0 Å². The van der Waals surface area contributed by atoms with E-state index in [4.69, 9.17) is 16.2 Å². The van der Waals surface area contributed by atoms with E-state index < -0.39 is 6.10 Å². The van der Waals surface area contributed by atoms with E-state index in [-0.39, 0.29) is 5.84 Å².